The predicted octanol–water partition coefficient (Wildman–Crippen LogP) is 7.02. The Balaban J connectivity index is 1.33. The van der Waals surface area contributed by atoms with E-state index in [0.29, 0.717) is 27.4 Å². The predicted molar refractivity (Wildman–Crippen MR) is 146 cm³/mol. The summed E-state index contributed by atoms with van der Waals surface area (Å²) in [6.07, 6.45) is 1.66. The molecule has 0 amide bonds. The van der Waals surface area contributed by atoms with Gasteiger partial charge in [-0.2, -0.15) is 5.26 Å². The zero-order valence-electron chi connectivity index (χ0n) is 19.4. The average molecular weight is 489 g/mol. The molecule has 174 valence electrons. The molecule has 6 rings (SSSR count). The van der Waals surface area contributed by atoms with Gasteiger partial charge in [0, 0.05) is 51.0 Å². The zero-order chi connectivity index (χ0) is 24.6. The Kier molecular flexibility index (Phi) is 5.36. The summed E-state index contributed by atoms with van der Waals surface area (Å²) in [6.45, 7) is 3.03. The van der Waals surface area contributed by atoms with Crippen molar-refractivity contribution in [2.45, 2.75) is 13.5 Å². The number of nitriles is 1. The van der Waals surface area contributed by atoms with Crippen molar-refractivity contribution in [2.24, 2.45) is 0 Å². The zero-order valence-corrected chi connectivity index (χ0v) is 20.2. The summed E-state index contributed by atoms with van der Waals surface area (Å²) in [5.74, 6) is 0. The van der Waals surface area contributed by atoms with Crippen LogP contribution in [0.1, 0.15) is 11.9 Å². The van der Waals surface area contributed by atoms with Crippen LogP contribution in [-0.2, 0) is 6.54 Å². The summed E-state index contributed by atoms with van der Waals surface area (Å²) in [7, 11) is 0. The van der Waals surface area contributed by atoms with Crippen LogP contribution in [0, 0.1) is 11.3 Å². The number of rotatable bonds is 5. The number of allylic oxidation sites excluding steroid dienone is 1. The number of thiazole rings is 1. The number of hydrogen-bond acceptors (Lipinski definition) is 6. The second-order valence-electron chi connectivity index (χ2n) is 8.33. The molecule has 0 aliphatic carbocycles. The highest BCUT2D eigenvalue weighted by Crippen LogP contribution is 2.31. The number of nitrogens with zero attached hydrogens (tertiary/aromatic N) is 3. The molecular weight excluding hydrogens is 468 g/mol. The lowest BCUT2D eigenvalue weighted by atomic mass is 10.1. The normalized spacial score (nSPS) is 11.8. The van der Waals surface area contributed by atoms with Gasteiger partial charge in [-0.1, -0.05) is 36.4 Å². The molecule has 6 aromatic rings. The monoisotopic (exact) mass is 488 g/mol. The Morgan fingerprint density at radius 2 is 1.89 bits per heavy atom. The molecule has 0 aliphatic heterocycles. The van der Waals surface area contributed by atoms with E-state index in [1.165, 1.54) is 27.8 Å². The average Bonchev–Trinajstić information content (AvgIpc) is 3.51. The minimum absolute atomic E-state index is 0.374. The minimum Gasteiger partial charge on any atom is -0.422 e. The first-order valence-corrected chi connectivity index (χ1v) is 12.4. The standard InChI is InChI=1S/C29H20N4O2S/c1-2-33-25-9-5-4-8-21(25)22-14-20(11-12-26(22)33)31-16-19(15-30)28-32-24(17-36-28)23-13-18-7-3-6-10-27(18)35-29(23)34/h3-14,16-17,31H,2H2,1H3. The van der Waals surface area contributed by atoms with Crippen LogP contribution in [0.25, 0.3) is 49.6 Å². The molecule has 0 unspecified atom stereocenters. The number of hydrogen-bond donors (Lipinski definition) is 1. The van der Waals surface area contributed by atoms with Crippen molar-refractivity contribution >= 4 is 55.4 Å². The molecule has 0 aliphatic rings. The van der Waals surface area contributed by atoms with E-state index in [1.54, 1.807) is 23.7 Å². The van der Waals surface area contributed by atoms with E-state index in [4.69, 9.17) is 4.42 Å². The summed E-state index contributed by atoms with van der Waals surface area (Å²) in [6, 6.07) is 25.9. The molecule has 0 fully saturated rings. The van der Waals surface area contributed by atoms with Gasteiger partial charge in [-0.05, 0) is 43.3 Å². The molecule has 0 bridgehead atoms. The highest BCUT2D eigenvalue weighted by Gasteiger charge is 2.14. The van der Waals surface area contributed by atoms with E-state index < -0.39 is 5.63 Å². The highest BCUT2D eigenvalue weighted by molar-refractivity contribution is 7.11. The number of aryl methyl sites for hydroxylation is 1. The lowest BCUT2D eigenvalue weighted by Gasteiger charge is -2.05. The van der Waals surface area contributed by atoms with Crippen molar-refractivity contribution in [1.29, 1.82) is 5.26 Å². The van der Waals surface area contributed by atoms with E-state index in [-0.39, 0.29) is 0 Å². The fourth-order valence-electron chi connectivity index (χ4n) is 4.54. The third-order valence-electron chi connectivity index (χ3n) is 6.24. The van der Waals surface area contributed by atoms with Gasteiger partial charge in [-0.15, -0.1) is 11.3 Å². The first-order valence-electron chi connectivity index (χ1n) is 11.5. The van der Waals surface area contributed by atoms with Crippen molar-refractivity contribution in [1.82, 2.24) is 9.55 Å². The molecule has 36 heavy (non-hydrogen) atoms. The molecule has 0 saturated carbocycles. The summed E-state index contributed by atoms with van der Waals surface area (Å²) in [5, 5.41) is 18.5. The van der Waals surface area contributed by atoms with Crippen LogP contribution in [0.4, 0.5) is 5.69 Å². The SMILES string of the molecule is CCn1c2ccccc2c2cc(NC=C(C#N)c3nc(-c4cc5ccccc5oc4=O)cs3)ccc21. The van der Waals surface area contributed by atoms with Crippen molar-refractivity contribution in [2.75, 3.05) is 5.32 Å². The van der Waals surface area contributed by atoms with Gasteiger partial charge in [0.1, 0.15) is 22.2 Å². The van der Waals surface area contributed by atoms with Gasteiger partial charge in [0.05, 0.1) is 11.3 Å². The van der Waals surface area contributed by atoms with Crippen molar-refractivity contribution in [3.8, 4) is 17.3 Å². The number of nitrogens with one attached hydrogen (secondary N) is 1. The smallest absolute Gasteiger partial charge is 0.345 e. The van der Waals surface area contributed by atoms with E-state index in [2.05, 4.69) is 58.2 Å². The van der Waals surface area contributed by atoms with Crippen molar-refractivity contribution in [3.63, 3.8) is 0 Å². The van der Waals surface area contributed by atoms with Crippen LogP contribution in [0.3, 0.4) is 0 Å². The number of fused-ring (bicyclic) bond motifs is 4. The summed E-state index contributed by atoms with van der Waals surface area (Å²) in [4.78, 5) is 17.1. The van der Waals surface area contributed by atoms with Crippen LogP contribution >= 0.6 is 11.3 Å². The highest BCUT2D eigenvalue weighted by atomic mass is 32.1. The Bertz CT molecular complexity index is 1900. The second-order valence-corrected chi connectivity index (χ2v) is 9.19. The first-order chi connectivity index (χ1) is 17.7. The quantitative estimate of drug-likeness (QED) is 0.208. The van der Waals surface area contributed by atoms with Crippen LogP contribution < -0.4 is 10.9 Å². The minimum atomic E-state index is -0.453. The van der Waals surface area contributed by atoms with E-state index in [0.717, 1.165) is 23.0 Å². The molecule has 0 atom stereocenters. The van der Waals surface area contributed by atoms with Gasteiger partial charge in [-0.25, -0.2) is 9.78 Å². The van der Waals surface area contributed by atoms with Gasteiger partial charge in [0.25, 0.3) is 0 Å². The third kappa shape index (κ3) is 3.65. The summed E-state index contributed by atoms with van der Waals surface area (Å²) in [5.41, 5.74) is 4.58. The maximum Gasteiger partial charge on any atom is 0.345 e. The van der Waals surface area contributed by atoms with Crippen LogP contribution in [0.5, 0.6) is 0 Å². The molecule has 6 nitrogen and oxygen atoms in total. The van der Waals surface area contributed by atoms with Gasteiger partial charge in [0.2, 0.25) is 0 Å². The molecule has 3 aromatic heterocycles. The Hall–Kier alpha value is -4.67. The molecule has 3 heterocycles. The Morgan fingerprint density at radius 3 is 2.75 bits per heavy atom. The number of anilines is 1. The molecule has 0 radical (unpaired) electrons. The van der Waals surface area contributed by atoms with Crippen LogP contribution in [-0.4, -0.2) is 9.55 Å². The first kappa shape index (κ1) is 21.8. The van der Waals surface area contributed by atoms with Crippen LogP contribution in [0.15, 0.2) is 93.6 Å². The van der Waals surface area contributed by atoms with E-state index >= 15 is 0 Å². The van der Waals surface area contributed by atoms with Gasteiger partial charge >= 0.3 is 5.63 Å². The van der Waals surface area contributed by atoms with Crippen LogP contribution in [0.2, 0.25) is 0 Å². The van der Waals surface area contributed by atoms with E-state index in [1.807, 2.05) is 30.3 Å². The number of aromatic nitrogens is 2. The molecule has 7 heteroatoms. The maximum atomic E-state index is 12.5. The summed E-state index contributed by atoms with van der Waals surface area (Å²) >= 11 is 1.31. The van der Waals surface area contributed by atoms with Gasteiger partial charge in [-0.3, -0.25) is 0 Å². The Morgan fingerprint density at radius 1 is 1.08 bits per heavy atom. The molecule has 1 N–H and O–H groups in total. The molecular formula is C29H20N4O2S. The third-order valence-corrected chi connectivity index (χ3v) is 7.12. The Labute approximate surface area is 210 Å². The van der Waals surface area contributed by atoms with Crippen molar-refractivity contribution < 1.29 is 4.42 Å². The van der Waals surface area contributed by atoms with Crippen molar-refractivity contribution in [3.05, 3.63) is 99.8 Å². The van der Waals surface area contributed by atoms with Gasteiger partial charge in [0.15, 0.2) is 0 Å². The largest absolute Gasteiger partial charge is 0.422 e. The fourth-order valence-corrected chi connectivity index (χ4v) is 5.33. The maximum absolute atomic E-state index is 12.5. The van der Waals surface area contributed by atoms with E-state index in [9.17, 15) is 10.1 Å². The number of para-hydroxylation sites is 2. The lowest BCUT2D eigenvalue weighted by Crippen LogP contribution is -2.02. The summed E-state index contributed by atoms with van der Waals surface area (Å²) < 4.78 is 7.74. The lowest BCUT2D eigenvalue weighted by molar-refractivity contribution is 0.563. The molecule has 0 spiro atoms. The molecule has 3 aromatic carbocycles. The van der Waals surface area contributed by atoms with Gasteiger partial charge < -0.3 is 14.3 Å². The molecule has 0 saturated heterocycles. The second kappa shape index (κ2) is 8.84. The number of benzene rings is 3. The fraction of sp³-hybridized carbons (Fsp3) is 0.0690. The topological polar surface area (TPSA) is 83.8 Å².